The molecule has 3 N–H and O–H groups in total. The number of alkyl halides is 7. The van der Waals surface area contributed by atoms with E-state index in [0.717, 1.165) is 24.3 Å². The van der Waals surface area contributed by atoms with Gasteiger partial charge in [-0.1, -0.05) is 23.8 Å². The van der Waals surface area contributed by atoms with Gasteiger partial charge in [-0.05, 0) is 18.2 Å². The number of allylic oxidation sites excluding steroid dienone is 1. The summed E-state index contributed by atoms with van der Waals surface area (Å²) in [5.74, 6) is -5.91. The molecular weight excluding hydrogens is 415 g/mol. The standard InChI is InChI=1S/C13H7ClF7N3OS/c14-7-3-5(1-2-8(7)25-11(15)16)24-10(26)6(4-22)9(23)12(17,18)13(19,20)21/h1-3,11H,23H2,(H,24,26). The summed E-state index contributed by atoms with van der Waals surface area (Å²) in [5.41, 5.74) is 1.28. The highest BCUT2D eigenvalue weighted by atomic mass is 35.5. The van der Waals surface area contributed by atoms with Crippen molar-refractivity contribution in [3.8, 4) is 11.8 Å². The summed E-state index contributed by atoms with van der Waals surface area (Å²) in [6.45, 7) is -3.16. The molecule has 4 nitrogen and oxygen atoms in total. The number of nitrogens with zero attached hydrogens (tertiary/aromatic N) is 1. The molecule has 0 atom stereocenters. The molecule has 0 saturated heterocycles. The lowest BCUT2D eigenvalue weighted by molar-refractivity contribution is -0.264. The van der Waals surface area contributed by atoms with Gasteiger partial charge in [0.05, 0.1) is 5.02 Å². The minimum absolute atomic E-state index is 0.0995. The third-order valence-electron chi connectivity index (χ3n) is 2.71. The second-order valence-electron chi connectivity index (χ2n) is 4.45. The van der Waals surface area contributed by atoms with Gasteiger partial charge >= 0.3 is 18.7 Å². The summed E-state index contributed by atoms with van der Waals surface area (Å²) >= 11 is 10.3. The van der Waals surface area contributed by atoms with E-state index in [2.05, 4.69) is 22.3 Å². The topological polar surface area (TPSA) is 71.1 Å². The van der Waals surface area contributed by atoms with E-state index in [1.54, 1.807) is 0 Å². The Morgan fingerprint density at radius 2 is 1.85 bits per heavy atom. The van der Waals surface area contributed by atoms with E-state index in [1.807, 2.05) is 0 Å². The number of nitriles is 1. The molecule has 0 amide bonds. The SMILES string of the molecule is N#CC(C(=S)Nc1ccc(OC(F)F)c(Cl)c1)=C(N)C(F)(F)C(F)(F)F. The fourth-order valence-corrected chi connectivity index (χ4v) is 2.01. The van der Waals surface area contributed by atoms with Crippen molar-refractivity contribution in [2.45, 2.75) is 18.7 Å². The molecule has 0 radical (unpaired) electrons. The van der Waals surface area contributed by atoms with Gasteiger partial charge in [0, 0.05) is 5.69 Å². The van der Waals surface area contributed by atoms with Crippen molar-refractivity contribution < 1.29 is 35.5 Å². The van der Waals surface area contributed by atoms with Crippen molar-refractivity contribution in [3.63, 3.8) is 0 Å². The van der Waals surface area contributed by atoms with Crippen LogP contribution in [0.3, 0.4) is 0 Å². The van der Waals surface area contributed by atoms with Gasteiger partial charge in [0.25, 0.3) is 0 Å². The molecule has 142 valence electrons. The highest BCUT2D eigenvalue weighted by Crippen LogP contribution is 2.40. The first-order valence-electron chi connectivity index (χ1n) is 6.21. The third-order valence-corrected chi connectivity index (χ3v) is 3.31. The van der Waals surface area contributed by atoms with Crippen molar-refractivity contribution in [2.75, 3.05) is 5.32 Å². The molecule has 0 aliphatic carbocycles. The van der Waals surface area contributed by atoms with E-state index in [4.69, 9.17) is 22.6 Å². The molecular formula is C13H7ClF7N3OS. The monoisotopic (exact) mass is 421 g/mol. The molecule has 0 spiro atoms. The predicted octanol–water partition coefficient (Wildman–Crippen LogP) is 4.61. The van der Waals surface area contributed by atoms with Crippen LogP contribution in [0, 0.1) is 11.3 Å². The number of halogens is 8. The van der Waals surface area contributed by atoms with Crippen LogP contribution in [0.2, 0.25) is 5.02 Å². The number of rotatable bonds is 5. The van der Waals surface area contributed by atoms with Gasteiger partial charge in [-0.2, -0.15) is 36.0 Å². The van der Waals surface area contributed by atoms with Gasteiger partial charge in [-0.3, -0.25) is 0 Å². The normalized spacial score (nSPS) is 13.1. The van der Waals surface area contributed by atoms with Crippen LogP contribution in [0.15, 0.2) is 29.5 Å². The Bertz CT molecular complexity index is 774. The minimum atomic E-state index is -6.04. The maximum Gasteiger partial charge on any atom is 0.459 e. The molecule has 0 bridgehead atoms. The van der Waals surface area contributed by atoms with E-state index in [9.17, 15) is 30.7 Å². The van der Waals surface area contributed by atoms with E-state index in [-0.39, 0.29) is 10.7 Å². The first kappa shape index (κ1) is 21.8. The van der Waals surface area contributed by atoms with E-state index >= 15 is 0 Å². The zero-order valence-electron chi connectivity index (χ0n) is 12.2. The van der Waals surface area contributed by atoms with Crippen LogP contribution in [0.25, 0.3) is 0 Å². The molecule has 26 heavy (non-hydrogen) atoms. The van der Waals surface area contributed by atoms with E-state index in [1.165, 1.54) is 0 Å². The van der Waals surface area contributed by atoms with Gasteiger partial charge in [-0.15, -0.1) is 0 Å². The Morgan fingerprint density at radius 3 is 2.27 bits per heavy atom. The molecule has 0 aliphatic heterocycles. The fraction of sp³-hybridized carbons (Fsp3) is 0.231. The van der Waals surface area contributed by atoms with E-state index in [0.29, 0.717) is 0 Å². The average Bonchev–Trinajstić information content (AvgIpc) is 2.49. The number of benzene rings is 1. The summed E-state index contributed by atoms with van der Waals surface area (Å²) in [6.07, 6.45) is -6.04. The molecule has 0 unspecified atom stereocenters. The largest absolute Gasteiger partial charge is 0.459 e. The number of hydrogen-bond acceptors (Lipinski definition) is 4. The number of nitrogens with two attached hydrogens (primary N) is 1. The minimum Gasteiger partial charge on any atom is -0.433 e. The molecule has 1 rings (SSSR count). The van der Waals surface area contributed by atoms with Crippen molar-refractivity contribution in [3.05, 3.63) is 34.5 Å². The smallest absolute Gasteiger partial charge is 0.433 e. The highest BCUT2D eigenvalue weighted by molar-refractivity contribution is 7.81. The van der Waals surface area contributed by atoms with Crippen LogP contribution in [0.1, 0.15) is 0 Å². The summed E-state index contributed by atoms with van der Waals surface area (Å²) in [7, 11) is 0. The van der Waals surface area contributed by atoms with Gasteiger partial charge in [0.15, 0.2) is 0 Å². The Morgan fingerprint density at radius 1 is 1.27 bits per heavy atom. The molecule has 0 aromatic heterocycles. The van der Waals surface area contributed by atoms with Crippen LogP contribution in [-0.4, -0.2) is 23.7 Å². The lowest BCUT2D eigenvalue weighted by atomic mass is 10.1. The number of thiocarbonyl (C=S) groups is 1. The Labute approximate surface area is 152 Å². The van der Waals surface area contributed by atoms with Crippen LogP contribution in [0.5, 0.6) is 5.75 Å². The van der Waals surface area contributed by atoms with Crippen LogP contribution in [-0.2, 0) is 0 Å². The first-order valence-corrected chi connectivity index (χ1v) is 7.00. The van der Waals surface area contributed by atoms with Gasteiger partial charge in [0.1, 0.15) is 28.1 Å². The summed E-state index contributed by atoms with van der Waals surface area (Å²) in [6, 6.07) is 4.06. The number of anilines is 1. The first-order chi connectivity index (χ1) is 11.8. The Hall–Kier alpha value is -2.26. The molecule has 0 aliphatic rings. The third kappa shape index (κ3) is 4.89. The highest BCUT2D eigenvalue weighted by Gasteiger charge is 2.60. The molecule has 0 saturated carbocycles. The quantitative estimate of drug-likeness (QED) is 0.314. The number of hydrogen-bond donors (Lipinski definition) is 2. The van der Waals surface area contributed by atoms with Crippen LogP contribution in [0.4, 0.5) is 36.4 Å². The molecule has 1 aromatic carbocycles. The zero-order chi connectivity index (χ0) is 20.3. The second kappa shape index (κ2) is 7.96. The Balaban J connectivity index is 3.14. The molecule has 0 heterocycles. The zero-order valence-corrected chi connectivity index (χ0v) is 13.7. The lowest BCUT2D eigenvalue weighted by Crippen LogP contribution is -2.43. The van der Waals surface area contributed by atoms with Gasteiger partial charge in [-0.25, -0.2) is 0 Å². The maximum absolute atomic E-state index is 13.2. The van der Waals surface area contributed by atoms with Gasteiger partial charge < -0.3 is 15.8 Å². The summed E-state index contributed by atoms with van der Waals surface area (Å²) < 4.78 is 91.8. The summed E-state index contributed by atoms with van der Waals surface area (Å²) in [5, 5.41) is 10.6. The lowest BCUT2D eigenvalue weighted by Gasteiger charge is -2.21. The molecule has 13 heteroatoms. The van der Waals surface area contributed by atoms with Crippen molar-refractivity contribution in [1.29, 1.82) is 5.26 Å². The van der Waals surface area contributed by atoms with Crippen molar-refractivity contribution in [2.24, 2.45) is 5.73 Å². The summed E-state index contributed by atoms with van der Waals surface area (Å²) in [4.78, 5) is -0.854. The van der Waals surface area contributed by atoms with Gasteiger partial charge in [0.2, 0.25) is 0 Å². The van der Waals surface area contributed by atoms with Crippen LogP contribution < -0.4 is 15.8 Å². The molecule has 0 fully saturated rings. The second-order valence-corrected chi connectivity index (χ2v) is 5.27. The molecule has 1 aromatic rings. The fourth-order valence-electron chi connectivity index (χ4n) is 1.51. The van der Waals surface area contributed by atoms with E-state index < -0.39 is 40.7 Å². The van der Waals surface area contributed by atoms with Crippen molar-refractivity contribution in [1.82, 2.24) is 0 Å². The number of ether oxygens (including phenoxy) is 1. The predicted molar refractivity (Wildman–Crippen MR) is 82.1 cm³/mol. The Kier molecular flexibility index (Phi) is 6.67. The van der Waals surface area contributed by atoms with Crippen molar-refractivity contribution >= 4 is 34.5 Å². The maximum atomic E-state index is 13.2. The van der Waals surface area contributed by atoms with Crippen LogP contribution >= 0.6 is 23.8 Å². The number of nitrogens with one attached hydrogen (secondary N) is 1. The average molecular weight is 422 g/mol.